The van der Waals surface area contributed by atoms with Gasteiger partial charge < -0.3 is 10.3 Å². The van der Waals surface area contributed by atoms with Gasteiger partial charge in [0.2, 0.25) is 5.91 Å². The Bertz CT molecular complexity index is 1290. The van der Waals surface area contributed by atoms with Crippen LogP contribution in [0.25, 0.3) is 11.1 Å². The van der Waals surface area contributed by atoms with Crippen LogP contribution in [0.1, 0.15) is 16.8 Å². The second-order valence-electron chi connectivity index (χ2n) is 7.34. The average Bonchev–Trinajstić information content (AvgIpc) is 3.30. The maximum absolute atomic E-state index is 13.2. The Kier molecular flexibility index (Phi) is 6.76. The predicted molar refractivity (Wildman–Crippen MR) is 131 cm³/mol. The van der Waals surface area contributed by atoms with Crippen molar-refractivity contribution in [2.24, 2.45) is 4.99 Å². The first-order chi connectivity index (χ1) is 16.0. The normalized spacial score (nSPS) is 11.3. The lowest BCUT2D eigenvalue weighted by Crippen LogP contribution is -2.14. The summed E-state index contributed by atoms with van der Waals surface area (Å²) in [6.45, 7) is 0. The van der Waals surface area contributed by atoms with E-state index in [1.165, 1.54) is 12.1 Å². The second-order valence-corrected chi connectivity index (χ2v) is 7.78. The summed E-state index contributed by atoms with van der Waals surface area (Å²) < 4.78 is 13.2. The maximum Gasteiger partial charge on any atom is 0.228 e. The molecule has 1 amide bonds. The van der Waals surface area contributed by atoms with Gasteiger partial charge >= 0.3 is 0 Å². The molecule has 4 rings (SSSR count). The van der Waals surface area contributed by atoms with E-state index in [1.54, 1.807) is 36.4 Å². The number of hydrogen-bond donors (Lipinski definition) is 3. The molecule has 0 aliphatic rings. The molecule has 0 aliphatic carbocycles. The van der Waals surface area contributed by atoms with E-state index in [0.29, 0.717) is 16.4 Å². The number of aliphatic imine (C=N–C) groups is 1. The van der Waals surface area contributed by atoms with Gasteiger partial charge in [0, 0.05) is 22.5 Å². The number of nitrogens with one attached hydrogen (secondary N) is 3. The third-order valence-electron chi connectivity index (χ3n) is 5.03. The van der Waals surface area contributed by atoms with Crippen molar-refractivity contribution in [3.05, 3.63) is 113 Å². The van der Waals surface area contributed by atoms with Crippen LogP contribution in [0.5, 0.6) is 0 Å². The Morgan fingerprint density at radius 3 is 2.36 bits per heavy atom. The van der Waals surface area contributed by atoms with Crippen LogP contribution in [-0.2, 0) is 11.2 Å². The molecule has 0 radical (unpaired) electrons. The van der Waals surface area contributed by atoms with Crippen molar-refractivity contribution in [3.8, 4) is 11.1 Å². The smallest absolute Gasteiger partial charge is 0.228 e. The van der Waals surface area contributed by atoms with Crippen molar-refractivity contribution in [3.63, 3.8) is 0 Å². The van der Waals surface area contributed by atoms with Crippen LogP contribution in [0.3, 0.4) is 0 Å². The standard InChI is InChI=1S/C26H20ClFN4O/c27-21-7-1-17(2-8-21)13-25(33)32-23-11-5-19(6-12-23)26(31-16-29)24-14-20(15-30-24)18-3-9-22(28)10-4-18/h1-12,14-16,29-30H,13H2,(H,32,33). The largest absolute Gasteiger partial charge is 0.359 e. The number of hydrogen-bond acceptors (Lipinski definition) is 2. The van der Waals surface area contributed by atoms with Crippen LogP contribution < -0.4 is 5.32 Å². The molecule has 5 nitrogen and oxygen atoms in total. The summed E-state index contributed by atoms with van der Waals surface area (Å²) in [5.74, 6) is -0.423. The number of carbonyl (C=O) groups excluding carboxylic acids is 1. The van der Waals surface area contributed by atoms with Crippen molar-refractivity contribution >= 4 is 35.2 Å². The van der Waals surface area contributed by atoms with Crippen LogP contribution in [0.2, 0.25) is 5.02 Å². The third-order valence-corrected chi connectivity index (χ3v) is 5.28. The fourth-order valence-corrected chi connectivity index (χ4v) is 3.53. The first-order valence-corrected chi connectivity index (χ1v) is 10.6. The molecule has 0 aliphatic heterocycles. The molecule has 0 atom stereocenters. The number of nitrogens with zero attached hydrogens (tertiary/aromatic N) is 1. The Morgan fingerprint density at radius 1 is 1.00 bits per heavy atom. The lowest BCUT2D eigenvalue weighted by molar-refractivity contribution is -0.115. The van der Waals surface area contributed by atoms with E-state index in [0.717, 1.165) is 34.3 Å². The highest BCUT2D eigenvalue weighted by Gasteiger charge is 2.12. The number of aromatic amines is 1. The molecule has 0 saturated heterocycles. The SMILES string of the molecule is N=CN=C(c1ccc(NC(=O)Cc2ccc(Cl)cc2)cc1)c1cc(-c2ccc(F)cc2)c[nH]1. The number of amides is 1. The highest BCUT2D eigenvalue weighted by atomic mass is 35.5. The molecule has 33 heavy (non-hydrogen) atoms. The van der Waals surface area contributed by atoms with E-state index in [2.05, 4.69) is 15.3 Å². The van der Waals surface area contributed by atoms with Gasteiger partial charge in [-0.05, 0) is 59.2 Å². The molecule has 0 spiro atoms. The molecule has 164 valence electrons. The van der Waals surface area contributed by atoms with Gasteiger partial charge in [0.25, 0.3) is 0 Å². The van der Waals surface area contributed by atoms with E-state index >= 15 is 0 Å². The fourth-order valence-electron chi connectivity index (χ4n) is 3.41. The van der Waals surface area contributed by atoms with Crippen LogP contribution >= 0.6 is 11.6 Å². The highest BCUT2D eigenvalue weighted by molar-refractivity contribution is 6.30. The Labute approximate surface area is 195 Å². The van der Waals surface area contributed by atoms with E-state index < -0.39 is 0 Å². The van der Waals surface area contributed by atoms with Crippen LogP contribution in [0.15, 0.2) is 90.1 Å². The number of aromatic nitrogens is 1. The Morgan fingerprint density at radius 2 is 1.70 bits per heavy atom. The van der Waals surface area contributed by atoms with Crippen molar-refractivity contribution in [1.82, 2.24) is 4.98 Å². The number of rotatable bonds is 7. The molecule has 3 aromatic carbocycles. The number of benzene rings is 3. The summed E-state index contributed by atoms with van der Waals surface area (Å²) in [6.07, 6.45) is 3.04. The molecule has 1 aromatic heterocycles. The van der Waals surface area contributed by atoms with Crippen LogP contribution in [-0.4, -0.2) is 22.9 Å². The molecule has 1 heterocycles. The molecule has 0 bridgehead atoms. The van der Waals surface area contributed by atoms with Gasteiger partial charge in [0.15, 0.2) is 0 Å². The van der Waals surface area contributed by atoms with Crippen molar-refractivity contribution < 1.29 is 9.18 Å². The zero-order valence-electron chi connectivity index (χ0n) is 17.5. The highest BCUT2D eigenvalue weighted by Crippen LogP contribution is 2.23. The van der Waals surface area contributed by atoms with E-state index in [4.69, 9.17) is 17.0 Å². The Balaban J connectivity index is 1.48. The number of anilines is 1. The molecule has 0 saturated carbocycles. The van der Waals surface area contributed by atoms with Gasteiger partial charge in [-0.2, -0.15) is 0 Å². The minimum atomic E-state index is -0.291. The minimum absolute atomic E-state index is 0.133. The molecule has 4 aromatic rings. The van der Waals surface area contributed by atoms with Gasteiger partial charge in [-0.1, -0.05) is 48.0 Å². The van der Waals surface area contributed by atoms with Crippen LogP contribution in [0.4, 0.5) is 10.1 Å². The summed E-state index contributed by atoms with van der Waals surface area (Å²) in [4.78, 5) is 19.7. The lowest BCUT2D eigenvalue weighted by Gasteiger charge is -2.08. The Hall–Kier alpha value is -4.03. The van der Waals surface area contributed by atoms with Crippen molar-refractivity contribution in [1.29, 1.82) is 5.41 Å². The fraction of sp³-hybridized carbons (Fsp3) is 0.0385. The average molecular weight is 459 g/mol. The van der Waals surface area contributed by atoms with Gasteiger partial charge in [-0.3, -0.25) is 10.2 Å². The zero-order chi connectivity index (χ0) is 23.2. The zero-order valence-corrected chi connectivity index (χ0v) is 18.2. The lowest BCUT2D eigenvalue weighted by atomic mass is 10.0. The van der Waals surface area contributed by atoms with Gasteiger partial charge in [-0.15, -0.1) is 0 Å². The molecule has 0 unspecified atom stereocenters. The number of halogens is 2. The first-order valence-electron chi connectivity index (χ1n) is 10.2. The quantitative estimate of drug-likeness (QED) is 0.227. The van der Waals surface area contributed by atoms with Crippen molar-refractivity contribution in [2.75, 3.05) is 5.32 Å². The second kappa shape index (κ2) is 10.1. The van der Waals surface area contributed by atoms with Crippen molar-refractivity contribution in [2.45, 2.75) is 6.42 Å². The van der Waals surface area contributed by atoms with Gasteiger partial charge in [0.1, 0.15) is 12.2 Å². The van der Waals surface area contributed by atoms with E-state index in [-0.39, 0.29) is 18.1 Å². The molecule has 0 fully saturated rings. The molecule has 3 N–H and O–H groups in total. The monoisotopic (exact) mass is 458 g/mol. The number of H-pyrrole nitrogens is 1. The topological polar surface area (TPSA) is 81.1 Å². The van der Waals surface area contributed by atoms with Gasteiger partial charge in [0.05, 0.1) is 17.8 Å². The summed E-state index contributed by atoms with van der Waals surface area (Å²) in [5, 5.41) is 11.0. The van der Waals surface area contributed by atoms with E-state index in [9.17, 15) is 9.18 Å². The first kappa shape index (κ1) is 22.2. The summed E-state index contributed by atoms with van der Waals surface area (Å²) in [5.41, 5.74) is 5.36. The summed E-state index contributed by atoms with van der Waals surface area (Å²) >= 11 is 5.88. The third kappa shape index (κ3) is 5.61. The molecular weight excluding hydrogens is 439 g/mol. The van der Waals surface area contributed by atoms with Crippen LogP contribution in [0, 0.1) is 11.2 Å². The minimum Gasteiger partial charge on any atom is -0.359 e. The number of carbonyl (C=O) groups is 1. The maximum atomic E-state index is 13.2. The molecular formula is C26H20ClFN4O. The predicted octanol–water partition coefficient (Wildman–Crippen LogP) is 6.10. The summed E-state index contributed by atoms with van der Waals surface area (Å²) in [7, 11) is 0. The van der Waals surface area contributed by atoms with E-state index in [1.807, 2.05) is 36.5 Å². The summed E-state index contributed by atoms with van der Waals surface area (Å²) in [6, 6.07) is 22.5. The van der Waals surface area contributed by atoms with Gasteiger partial charge in [-0.25, -0.2) is 9.38 Å². The molecule has 7 heteroatoms.